The van der Waals surface area contributed by atoms with E-state index in [4.69, 9.17) is 4.74 Å². The highest BCUT2D eigenvalue weighted by Gasteiger charge is 2.48. The van der Waals surface area contributed by atoms with Gasteiger partial charge in [-0.25, -0.2) is 0 Å². The lowest BCUT2D eigenvalue weighted by atomic mass is 9.77. The first-order valence-electron chi connectivity index (χ1n) is 9.00. The molecule has 0 unspecified atom stereocenters. The molecule has 0 radical (unpaired) electrons. The predicted octanol–water partition coefficient (Wildman–Crippen LogP) is 3.54. The number of hydrogen-bond acceptors (Lipinski definition) is 4. The Labute approximate surface area is 153 Å². The summed E-state index contributed by atoms with van der Waals surface area (Å²) in [6, 6.07) is 18.1. The number of ketones is 2. The van der Waals surface area contributed by atoms with Crippen LogP contribution in [0.2, 0.25) is 0 Å². The molecule has 5 atom stereocenters. The summed E-state index contributed by atoms with van der Waals surface area (Å²) in [6.45, 7) is 3.50. The van der Waals surface area contributed by atoms with Crippen molar-refractivity contribution in [1.29, 1.82) is 0 Å². The predicted molar refractivity (Wildman–Crippen MR) is 99.2 cm³/mol. The lowest BCUT2D eigenvalue weighted by Crippen LogP contribution is -2.36. The molecule has 1 N–H and O–H groups in total. The van der Waals surface area contributed by atoms with Crippen LogP contribution >= 0.6 is 0 Å². The first-order valence-corrected chi connectivity index (χ1v) is 9.00. The van der Waals surface area contributed by atoms with E-state index in [1.807, 2.05) is 43.3 Å². The number of aliphatic hydroxyl groups is 1. The fourth-order valence-electron chi connectivity index (χ4n) is 3.77. The summed E-state index contributed by atoms with van der Waals surface area (Å²) in [5, 5.41) is 10.1. The molecule has 0 spiro atoms. The summed E-state index contributed by atoms with van der Waals surface area (Å²) in [4.78, 5) is 25.8. The summed E-state index contributed by atoms with van der Waals surface area (Å²) in [5.74, 6) is -0.898. The minimum atomic E-state index is -0.785. The molecule has 2 aromatic carbocycles. The Kier molecular flexibility index (Phi) is 5.64. The maximum absolute atomic E-state index is 13.1. The van der Waals surface area contributed by atoms with E-state index in [2.05, 4.69) is 0 Å². The molecule has 4 nitrogen and oxygen atoms in total. The van der Waals surface area contributed by atoms with Crippen LogP contribution < -0.4 is 0 Å². The van der Waals surface area contributed by atoms with Gasteiger partial charge in [0.2, 0.25) is 0 Å². The summed E-state index contributed by atoms with van der Waals surface area (Å²) in [7, 11) is 0. The molecule has 1 aliphatic rings. The van der Waals surface area contributed by atoms with Crippen molar-refractivity contribution in [1.82, 2.24) is 0 Å². The fraction of sp³-hybridized carbons (Fsp3) is 0.364. The van der Waals surface area contributed by atoms with E-state index in [9.17, 15) is 14.7 Å². The third-order valence-corrected chi connectivity index (χ3v) is 5.14. The second kappa shape index (κ2) is 7.94. The Morgan fingerprint density at radius 1 is 1.00 bits per heavy atom. The van der Waals surface area contributed by atoms with Crippen LogP contribution in [-0.2, 0) is 4.74 Å². The molecule has 26 heavy (non-hydrogen) atoms. The number of carbonyl (C=O) groups is 2. The second-order valence-electron chi connectivity index (χ2n) is 6.96. The highest BCUT2D eigenvalue weighted by atomic mass is 16.5. The molecular weight excluding hydrogens is 328 g/mol. The van der Waals surface area contributed by atoms with E-state index >= 15 is 0 Å². The number of carbonyl (C=O) groups excluding carboxylic acids is 2. The van der Waals surface area contributed by atoms with Crippen LogP contribution in [0, 0.1) is 11.8 Å². The lowest BCUT2D eigenvalue weighted by Gasteiger charge is -2.23. The van der Waals surface area contributed by atoms with Crippen molar-refractivity contribution in [2.24, 2.45) is 11.8 Å². The molecule has 0 saturated carbocycles. The molecule has 0 bridgehead atoms. The third kappa shape index (κ3) is 3.76. The number of Topliss-reactive ketones (excluding diaryl/α,β-unsaturated/α-hetero) is 2. The average molecular weight is 352 g/mol. The molecule has 1 heterocycles. The van der Waals surface area contributed by atoms with Crippen LogP contribution in [0.1, 0.15) is 41.0 Å². The van der Waals surface area contributed by atoms with Crippen molar-refractivity contribution in [2.45, 2.75) is 38.6 Å². The monoisotopic (exact) mass is 352 g/mol. The lowest BCUT2D eigenvalue weighted by molar-refractivity contribution is -0.0322. The second-order valence-corrected chi connectivity index (χ2v) is 6.96. The molecule has 2 aromatic rings. The van der Waals surface area contributed by atoms with Crippen molar-refractivity contribution < 1.29 is 19.4 Å². The SMILES string of the molecule is C[C@H](O)[C@H]1O[C@H](C)[C@@H](CC(=O)c2ccccc2)[C@@H]1C(=O)c1ccccc1. The quantitative estimate of drug-likeness (QED) is 0.808. The minimum absolute atomic E-state index is 0.0110. The van der Waals surface area contributed by atoms with Crippen molar-refractivity contribution in [3.8, 4) is 0 Å². The van der Waals surface area contributed by atoms with Crippen LogP contribution in [0.4, 0.5) is 0 Å². The van der Waals surface area contributed by atoms with Gasteiger partial charge in [-0.05, 0) is 13.8 Å². The topological polar surface area (TPSA) is 63.6 Å². The van der Waals surface area contributed by atoms with Crippen molar-refractivity contribution in [3.63, 3.8) is 0 Å². The number of ether oxygens (including phenoxy) is 1. The summed E-state index contributed by atoms with van der Waals surface area (Å²) in [5.41, 5.74) is 1.21. The number of benzene rings is 2. The highest BCUT2D eigenvalue weighted by molar-refractivity contribution is 6.00. The number of rotatable bonds is 6. The molecule has 3 rings (SSSR count). The Hall–Kier alpha value is -2.30. The van der Waals surface area contributed by atoms with Crippen molar-refractivity contribution >= 4 is 11.6 Å². The highest BCUT2D eigenvalue weighted by Crippen LogP contribution is 2.39. The van der Waals surface area contributed by atoms with Gasteiger partial charge < -0.3 is 9.84 Å². The van der Waals surface area contributed by atoms with Gasteiger partial charge in [-0.15, -0.1) is 0 Å². The summed E-state index contributed by atoms with van der Waals surface area (Å²) < 4.78 is 5.90. The van der Waals surface area contributed by atoms with Crippen molar-refractivity contribution in [3.05, 3.63) is 71.8 Å². The Morgan fingerprint density at radius 3 is 2.08 bits per heavy atom. The van der Waals surface area contributed by atoms with E-state index in [1.165, 1.54) is 0 Å². The van der Waals surface area contributed by atoms with Gasteiger partial charge in [0.15, 0.2) is 11.6 Å². The van der Waals surface area contributed by atoms with Gasteiger partial charge in [-0.2, -0.15) is 0 Å². The van der Waals surface area contributed by atoms with Crippen LogP contribution in [0.15, 0.2) is 60.7 Å². The van der Waals surface area contributed by atoms with E-state index in [1.54, 1.807) is 31.2 Å². The smallest absolute Gasteiger partial charge is 0.169 e. The van der Waals surface area contributed by atoms with E-state index in [0.29, 0.717) is 11.1 Å². The molecular formula is C22H24O4. The maximum atomic E-state index is 13.1. The van der Waals surface area contributed by atoms with E-state index < -0.39 is 18.1 Å². The molecule has 4 heteroatoms. The zero-order chi connectivity index (χ0) is 18.7. The van der Waals surface area contributed by atoms with Gasteiger partial charge in [0.05, 0.1) is 24.2 Å². The van der Waals surface area contributed by atoms with Gasteiger partial charge in [0.1, 0.15) is 0 Å². The van der Waals surface area contributed by atoms with E-state index in [-0.39, 0.29) is 30.0 Å². The first-order chi connectivity index (χ1) is 12.5. The first kappa shape index (κ1) is 18.5. The zero-order valence-electron chi connectivity index (χ0n) is 15.0. The Bertz CT molecular complexity index is 754. The van der Waals surface area contributed by atoms with Gasteiger partial charge >= 0.3 is 0 Å². The van der Waals surface area contributed by atoms with Crippen LogP contribution in [0.5, 0.6) is 0 Å². The van der Waals surface area contributed by atoms with Gasteiger partial charge in [-0.1, -0.05) is 60.7 Å². The van der Waals surface area contributed by atoms with E-state index in [0.717, 1.165) is 0 Å². The molecule has 1 fully saturated rings. The molecule has 1 aliphatic heterocycles. The van der Waals surface area contributed by atoms with Crippen LogP contribution in [0.25, 0.3) is 0 Å². The normalized spacial score (nSPS) is 26.4. The van der Waals surface area contributed by atoms with Crippen molar-refractivity contribution in [2.75, 3.05) is 0 Å². The Balaban J connectivity index is 1.88. The molecule has 136 valence electrons. The standard InChI is InChI=1S/C22H24O4/c1-14(23)22-20(21(25)17-11-7-4-8-12-17)18(15(2)26-22)13-19(24)16-9-5-3-6-10-16/h3-12,14-15,18,20,22-23H,13H2,1-2H3/t14-,15+,18+,20+,22+/m0/s1. The van der Waals surface area contributed by atoms with Gasteiger partial charge in [0, 0.05) is 23.5 Å². The summed E-state index contributed by atoms with van der Waals surface area (Å²) >= 11 is 0. The summed E-state index contributed by atoms with van der Waals surface area (Å²) in [6.07, 6.45) is -1.45. The molecule has 0 amide bonds. The number of hydrogen-bond donors (Lipinski definition) is 1. The van der Waals surface area contributed by atoms with Gasteiger partial charge in [0.25, 0.3) is 0 Å². The molecule has 0 aliphatic carbocycles. The zero-order valence-corrected chi connectivity index (χ0v) is 15.0. The number of aliphatic hydroxyl groups excluding tert-OH is 1. The fourth-order valence-corrected chi connectivity index (χ4v) is 3.77. The minimum Gasteiger partial charge on any atom is -0.391 e. The molecule has 1 saturated heterocycles. The third-order valence-electron chi connectivity index (χ3n) is 5.14. The van der Waals surface area contributed by atoms with Crippen LogP contribution in [-0.4, -0.2) is 35.0 Å². The average Bonchev–Trinajstić information content (AvgIpc) is 2.99. The van der Waals surface area contributed by atoms with Crippen LogP contribution in [0.3, 0.4) is 0 Å². The largest absolute Gasteiger partial charge is 0.391 e. The Morgan fingerprint density at radius 2 is 1.54 bits per heavy atom. The molecule has 0 aromatic heterocycles. The van der Waals surface area contributed by atoms with Gasteiger partial charge in [-0.3, -0.25) is 9.59 Å². The maximum Gasteiger partial charge on any atom is 0.169 e.